The number of hydrogen-bond donors (Lipinski definition) is 2. The van der Waals surface area contributed by atoms with Gasteiger partial charge in [-0.25, -0.2) is 4.98 Å². The highest BCUT2D eigenvalue weighted by atomic mass is 79.9. The molecule has 3 N–H and O–H groups in total. The number of nitrogens with two attached hydrogens (primary N) is 1. The van der Waals surface area contributed by atoms with Crippen LogP contribution >= 0.6 is 15.9 Å². The zero-order valence-electron chi connectivity index (χ0n) is 8.13. The second kappa shape index (κ2) is 5.78. The molecule has 1 heterocycles. The standard InChI is InChI=1S/C10H14BrN3/c1-8-6-9(11)10(14-7-8)13-5-3-2-4-12/h2-3,6-7H,4-5,12H2,1H3,(H,13,14)/b3-2+. The molecule has 0 aliphatic carbocycles. The Morgan fingerprint density at radius 3 is 3.00 bits per heavy atom. The quantitative estimate of drug-likeness (QED) is 0.811. The smallest absolute Gasteiger partial charge is 0.140 e. The van der Waals surface area contributed by atoms with Crippen LogP contribution in [0.15, 0.2) is 28.9 Å². The van der Waals surface area contributed by atoms with E-state index in [1.54, 1.807) is 0 Å². The maximum atomic E-state index is 5.32. The molecule has 76 valence electrons. The monoisotopic (exact) mass is 255 g/mol. The van der Waals surface area contributed by atoms with E-state index in [-0.39, 0.29) is 0 Å². The van der Waals surface area contributed by atoms with Gasteiger partial charge in [0.05, 0.1) is 4.47 Å². The van der Waals surface area contributed by atoms with E-state index in [1.807, 2.05) is 31.3 Å². The lowest BCUT2D eigenvalue weighted by Crippen LogP contribution is -2.02. The number of nitrogens with one attached hydrogen (secondary N) is 1. The Bertz CT molecular complexity index is 323. The molecule has 0 radical (unpaired) electrons. The van der Waals surface area contributed by atoms with Crippen molar-refractivity contribution < 1.29 is 0 Å². The molecule has 0 amide bonds. The van der Waals surface area contributed by atoms with Gasteiger partial charge in [-0.15, -0.1) is 0 Å². The second-order valence-electron chi connectivity index (χ2n) is 2.93. The van der Waals surface area contributed by atoms with Crippen LogP contribution in [-0.4, -0.2) is 18.1 Å². The third-order valence-corrected chi connectivity index (χ3v) is 2.27. The maximum absolute atomic E-state index is 5.32. The van der Waals surface area contributed by atoms with Crippen molar-refractivity contribution in [2.45, 2.75) is 6.92 Å². The summed E-state index contributed by atoms with van der Waals surface area (Å²) in [4.78, 5) is 4.25. The van der Waals surface area contributed by atoms with Gasteiger partial charge in [0.25, 0.3) is 0 Å². The Morgan fingerprint density at radius 1 is 1.57 bits per heavy atom. The van der Waals surface area contributed by atoms with E-state index in [9.17, 15) is 0 Å². The largest absolute Gasteiger partial charge is 0.366 e. The van der Waals surface area contributed by atoms with Crippen LogP contribution in [0.5, 0.6) is 0 Å². The first kappa shape index (κ1) is 11.2. The fourth-order valence-corrected chi connectivity index (χ4v) is 1.60. The molecule has 0 fully saturated rings. The lowest BCUT2D eigenvalue weighted by molar-refractivity contribution is 1.17. The van der Waals surface area contributed by atoms with Gasteiger partial charge in [-0.2, -0.15) is 0 Å². The lowest BCUT2D eigenvalue weighted by atomic mass is 10.3. The van der Waals surface area contributed by atoms with Crippen molar-refractivity contribution >= 4 is 21.7 Å². The second-order valence-corrected chi connectivity index (χ2v) is 3.79. The van der Waals surface area contributed by atoms with E-state index in [2.05, 4.69) is 26.2 Å². The molecule has 3 nitrogen and oxygen atoms in total. The number of hydrogen-bond acceptors (Lipinski definition) is 3. The van der Waals surface area contributed by atoms with Gasteiger partial charge in [-0.1, -0.05) is 12.2 Å². The average molecular weight is 256 g/mol. The van der Waals surface area contributed by atoms with E-state index in [1.165, 1.54) is 0 Å². The van der Waals surface area contributed by atoms with Crippen LogP contribution in [-0.2, 0) is 0 Å². The first-order valence-electron chi connectivity index (χ1n) is 4.45. The number of aryl methyl sites for hydroxylation is 1. The summed E-state index contributed by atoms with van der Waals surface area (Å²) in [5.41, 5.74) is 6.46. The fraction of sp³-hybridized carbons (Fsp3) is 0.300. The SMILES string of the molecule is Cc1cnc(NC/C=C/CN)c(Br)c1. The van der Waals surface area contributed by atoms with Crippen molar-refractivity contribution in [2.24, 2.45) is 5.73 Å². The summed E-state index contributed by atoms with van der Waals surface area (Å²) in [5.74, 6) is 0.859. The van der Waals surface area contributed by atoms with Crippen LogP contribution in [0.1, 0.15) is 5.56 Å². The van der Waals surface area contributed by atoms with Gasteiger partial charge in [0.1, 0.15) is 5.82 Å². The molecule has 0 bridgehead atoms. The average Bonchev–Trinajstić information content (AvgIpc) is 2.15. The summed E-state index contributed by atoms with van der Waals surface area (Å²) < 4.78 is 0.985. The van der Waals surface area contributed by atoms with Crippen molar-refractivity contribution in [2.75, 3.05) is 18.4 Å². The molecule has 4 heteroatoms. The number of pyridine rings is 1. The van der Waals surface area contributed by atoms with Gasteiger partial charge in [-0.05, 0) is 34.5 Å². The number of rotatable bonds is 4. The zero-order valence-corrected chi connectivity index (χ0v) is 9.71. The van der Waals surface area contributed by atoms with Crippen LogP contribution in [0.4, 0.5) is 5.82 Å². The van der Waals surface area contributed by atoms with Crippen molar-refractivity contribution in [1.82, 2.24) is 4.98 Å². The van der Waals surface area contributed by atoms with Crippen LogP contribution in [0.25, 0.3) is 0 Å². The van der Waals surface area contributed by atoms with Crippen LogP contribution in [0.2, 0.25) is 0 Å². The number of halogens is 1. The Hall–Kier alpha value is -0.870. The third-order valence-electron chi connectivity index (χ3n) is 1.67. The van der Waals surface area contributed by atoms with Crippen molar-refractivity contribution in [3.8, 4) is 0 Å². The van der Waals surface area contributed by atoms with Gasteiger partial charge in [0.2, 0.25) is 0 Å². The molecule has 1 aromatic heterocycles. The third kappa shape index (κ3) is 3.47. The first-order chi connectivity index (χ1) is 6.74. The molecule has 1 rings (SSSR count). The normalized spacial score (nSPS) is 10.8. The zero-order chi connectivity index (χ0) is 10.4. The van der Waals surface area contributed by atoms with E-state index in [0.29, 0.717) is 6.54 Å². The fourth-order valence-electron chi connectivity index (χ4n) is 0.999. The van der Waals surface area contributed by atoms with Gasteiger partial charge >= 0.3 is 0 Å². The Labute approximate surface area is 92.5 Å². The van der Waals surface area contributed by atoms with E-state index in [0.717, 1.165) is 22.4 Å². The predicted molar refractivity (Wildman–Crippen MR) is 63.4 cm³/mol. The summed E-state index contributed by atoms with van der Waals surface area (Å²) in [6, 6.07) is 2.03. The lowest BCUT2D eigenvalue weighted by Gasteiger charge is -2.05. The van der Waals surface area contributed by atoms with Crippen molar-refractivity contribution in [3.63, 3.8) is 0 Å². The highest BCUT2D eigenvalue weighted by Crippen LogP contribution is 2.19. The van der Waals surface area contributed by atoms with Crippen molar-refractivity contribution in [1.29, 1.82) is 0 Å². The minimum absolute atomic E-state index is 0.574. The summed E-state index contributed by atoms with van der Waals surface area (Å²) >= 11 is 3.44. The molecular weight excluding hydrogens is 242 g/mol. The summed E-state index contributed by atoms with van der Waals surface area (Å²) in [5, 5.41) is 3.17. The number of anilines is 1. The predicted octanol–water partition coefficient (Wildman–Crippen LogP) is 2.08. The minimum Gasteiger partial charge on any atom is -0.366 e. The Morgan fingerprint density at radius 2 is 2.36 bits per heavy atom. The first-order valence-corrected chi connectivity index (χ1v) is 5.24. The summed E-state index contributed by atoms with van der Waals surface area (Å²) in [6.45, 7) is 3.33. The van der Waals surface area contributed by atoms with Crippen LogP contribution < -0.4 is 11.1 Å². The Balaban J connectivity index is 2.55. The summed E-state index contributed by atoms with van der Waals surface area (Å²) in [6.07, 6.45) is 5.73. The Kier molecular flexibility index (Phi) is 4.62. The highest BCUT2D eigenvalue weighted by molar-refractivity contribution is 9.10. The molecule has 0 unspecified atom stereocenters. The molecule has 0 spiro atoms. The van der Waals surface area contributed by atoms with Crippen LogP contribution in [0, 0.1) is 6.92 Å². The van der Waals surface area contributed by atoms with Gasteiger partial charge in [0, 0.05) is 19.3 Å². The van der Waals surface area contributed by atoms with Gasteiger partial charge in [-0.3, -0.25) is 0 Å². The molecule has 1 aromatic rings. The molecule has 0 aliphatic heterocycles. The minimum atomic E-state index is 0.574. The summed E-state index contributed by atoms with van der Waals surface area (Å²) in [7, 11) is 0. The van der Waals surface area contributed by atoms with E-state index >= 15 is 0 Å². The molecule has 0 aliphatic rings. The number of aromatic nitrogens is 1. The topological polar surface area (TPSA) is 50.9 Å². The molecule has 0 aromatic carbocycles. The van der Waals surface area contributed by atoms with Gasteiger partial charge in [0.15, 0.2) is 0 Å². The van der Waals surface area contributed by atoms with Crippen molar-refractivity contribution in [3.05, 3.63) is 34.5 Å². The molecule has 0 atom stereocenters. The highest BCUT2D eigenvalue weighted by Gasteiger charge is 1.98. The molecular formula is C10H14BrN3. The van der Waals surface area contributed by atoms with E-state index < -0.39 is 0 Å². The maximum Gasteiger partial charge on any atom is 0.140 e. The molecule has 14 heavy (non-hydrogen) atoms. The number of nitrogens with zero attached hydrogens (tertiary/aromatic N) is 1. The van der Waals surface area contributed by atoms with Crippen LogP contribution in [0.3, 0.4) is 0 Å². The van der Waals surface area contributed by atoms with E-state index in [4.69, 9.17) is 5.73 Å². The molecule has 0 saturated carbocycles. The molecule has 0 saturated heterocycles. The van der Waals surface area contributed by atoms with Gasteiger partial charge < -0.3 is 11.1 Å².